The van der Waals surface area contributed by atoms with Crippen molar-refractivity contribution in [3.8, 4) is 5.75 Å². The molecule has 2 rings (SSSR count). The van der Waals surface area contributed by atoms with Crippen molar-refractivity contribution in [2.75, 3.05) is 19.7 Å². The Morgan fingerprint density at radius 1 is 1.29 bits per heavy atom. The number of hydrogen-bond acceptors (Lipinski definition) is 3. The fourth-order valence-corrected chi connectivity index (χ4v) is 2.59. The van der Waals surface area contributed by atoms with Crippen LogP contribution in [0.4, 0.5) is 0 Å². The van der Waals surface area contributed by atoms with Crippen molar-refractivity contribution in [2.45, 2.75) is 18.9 Å². The summed E-state index contributed by atoms with van der Waals surface area (Å²) >= 11 is 17.7. The summed E-state index contributed by atoms with van der Waals surface area (Å²) < 4.78 is 5.37. The Hall–Kier alpha value is -0.390. The molecule has 0 aromatic heterocycles. The van der Waals surface area contributed by atoms with Crippen LogP contribution in [-0.4, -0.2) is 31.6 Å². The molecule has 1 aliphatic heterocycles. The molecule has 0 unspecified atom stereocenters. The molecule has 2 N–H and O–H groups in total. The minimum absolute atomic E-state index is 0. The van der Waals surface area contributed by atoms with E-state index in [0.29, 0.717) is 20.8 Å². The Morgan fingerprint density at radius 2 is 2.00 bits per heavy atom. The molecule has 1 aromatic carbocycles. The van der Waals surface area contributed by atoms with Gasteiger partial charge in [-0.25, -0.2) is 0 Å². The molecule has 118 valence electrons. The van der Waals surface area contributed by atoms with E-state index in [9.17, 15) is 4.79 Å². The maximum absolute atomic E-state index is 11.8. The zero-order valence-electron chi connectivity index (χ0n) is 11.1. The SMILES string of the molecule is Cl.O=C(COc1cc(Cl)c(Cl)cc1Cl)N[C@H]1CCCNC1. The Labute approximate surface area is 144 Å². The number of rotatable bonds is 4. The molecular formula is C13H16Cl4N2O2. The van der Waals surface area contributed by atoms with Crippen LogP contribution in [0.5, 0.6) is 5.75 Å². The smallest absolute Gasteiger partial charge is 0.258 e. The fourth-order valence-electron chi connectivity index (χ4n) is 2.00. The van der Waals surface area contributed by atoms with Gasteiger partial charge in [-0.3, -0.25) is 4.79 Å². The highest BCUT2D eigenvalue weighted by atomic mass is 35.5. The van der Waals surface area contributed by atoms with Gasteiger partial charge in [-0.1, -0.05) is 34.8 Å². The first-order valence-electron chi connectivity index (χ1n) is 6.33. The van der Waals surface area contributed by atoms with Gasteiger partial charge in [0.25, 0.3) is 5.91 Å². The first-order valence-corrected chi connectivity index (χ1v) is 7.47. The van der Waals surface area contributed by atoms with Gasteiger partial charge in [0, 0.05) is 18.7 Å². The lowest BCUT2D eigenvalue weighted by atomic mass is 10.1. The van der Waals surface area contributed by atoms with Crippen LogP contribution in [0.25, 0.3) is 0 Å². The molecule has 1 fully saturated rings. The summed E-state index contributed by atoms with van der Waals surface area (Å²) in [5.41, 5.74) is 0. The summed E-state index contributed by atoms with van der Waals surface area (Å²) in [6.45, 7) is 1.69. The molecule has 0 spiro atoms. The molecule has 8 heteroatoms. The van der Waals surface area contributed by atoms with Crippen molar-refractivity contribution in [2.24, 2.45) is 0 Å². The zero-order valence-corrected chi connectivity index (χ0v) is 14.2. The van der Waals surface area contributed by atoms with E-state index in [1.165, 1.54) is 12.1 Å². The highest BCUT2D eigenvalue weighted by Crippen LogP contribution is 2.33. The second kappa shape index (κ2) is 8.91. The average molecular weight is 374 g/mol. The first kappa shape index (κ1) is 18.7. The Kier molecular flexibility index (Phi) is 7.92. The topological polar surface area (TPSA) is 50.4 Å². The maximum Gasteiger partial charge on any atom is 0.258 e. The second-order valence-corrected chi connectivity index (χ2v) is 5.82. The lowest BCUT2D eigenvalue weighted by Crippen LogP contribution is -2.47. The number of carbonyl (C=O) groups excluding carboxylic acids is 1. The number of carbonyl (C=O) groups is 1. The van der Waals surface area contributed by atoms with Crippen molar-refractivity contribution in [3.63, 3.8) is 0 Å². The van der Waals surface area contributed by atoms with Crippen LogP contribution in [0.3, 0.4) is 0 Å². The number of benzene rings is 1. The van der Waals surface area contributed by atoms with Gasteiger partial charge in [-0.15, -0.1) is 12.4 Å². The van der Waals surface area contributed by atoms with Crippen molar-refractivity contribution in [1.29, 1.82) is 0 Å². The van der Waals surface area contributed by atoms with Crippen LogP contribution in [0.1, 0.15) is 12.8 Å². The van der Waals surface area contributed by atoms with E-state index in [-0.39, 0.29) is 31.0 Å². The molecule has 21 heavy (non-hydrogen) atoms. The summed E-state index contributed by atoms with van der Waals surface area (Å²) in [4.78, 5) is 11.8. The predicted octanol–water partition coefficient (Wildman–Crippen LogP) is 3.32. The van der Waals surface area contributed by atoms with Crippen molar-refractivity contribution in [1.82, 2.24) is 10.6 Å². The van der Waals surface area contributed by atoms with E-state index in [0.717, 1.165) is 25.9 Å². The van der Waals surface area contributed by atoms with Crippen molar-refractivity contribution < 1.29 is 9.53 Å². The van der Waals surface area contributed by atoms with E-state index < -0.39 is 0 Å². The van der Waals surface area contributed by atoms with E-state index >= 15 is 0 Å². The molecule has 0 bridgehead atoms. The normalized spacial score (nSPS) is 17.8. The standard InChI is InChI=1S/C13H15Cl3N2O2.ClH/c14-9-4-11(16)12(5-10(9)15)20-7-13(19)18-8-2-1-3-17-6-8;/h4-5,8,17H,1-3,6-7H2,(H,18,19);1H/t8-;/m0./s1. The number of hydrogen-bond donors (Lipinski definition) is 2. The third-order valence-electron chi connectivity index (χ3n) is 3.00. The molecule has 1 heterocycles. The van der Waals surface area contributed by atoms with E-state index in [1.54, 1.807) is 0 Å². The van der Waals surface area contributed by atoms with E-state index in [1.807, 2.05) is 0 Å². The summed E-state index contributed by atoms with van der Waals surface area (Å²) in [6, 6.07) is 3.15. The van der Waals surface area contributed by atoms with Gasteiger partial charge in [0.05, 0.1) is 15.1 Å². The van der Waals surface area contributed by atoms with Crippen LogP contribution in [0.2, 0.25) is 15.1 Å². The lowest BCUT2D eigenvalue weighted by Gasteiger charge is -2.23. The summed E-state index contributed by atoms with van der Waals surface area (Å²) in [7, 11) is 0. The van der Waals surface area contributed by atoms with Gasteiger partial charge >= 0.3 is 0 Å². The number of piperidine rings is 1. The Morgan fingerprint density at radius 3 is 2.67 bits per heavy atom. The van der Waals surface area contributed by atoms with Crippen LogP contribution < -0.4 is 15.4 Å². The van der Waals surface area contributed by atoms with Gasteiger partial charge in [0.1, 0.15) is 5.75 Å². The Bertz CT molecular complexity index is 493. The largest absolute Gasteiger partial charge is 0.482 e. The molecule has 4 nitrogen and oxygen atoms in total. The number of amides is 1. The second-order valence-electron chi connectivity index (χ2n) is 4.60. The highest BCUT2D eigenvalue weighted by Gasteiger charge is 2.16. The third kappa shape index (κ3) is 5.72. The number of nitrogens with one attached hydrogen (secondary N) is 2. The van der Waals surface area contributed by atoms with Crippen molar-refractivity contribution in [3.05, 3.63) is 27.2 Å². The minimum Gasteiger partial charge on any atom is -0.482 e. The molecule has 0 saturated carbocycles. The molecule has 0 radical (unpaired) electrons. The third-order valence-corrected chi connectivity index (χ3v) is 4.01. The quantitative estimate of drug-likeness (QED) is 0.796. The first-order chi connectivity index (χ1) is 9.56. The fraction of sp³-hybridized carbons (Fsp3) is 0.462. The van der Waals surface area contributed by atoms with Crippen LogP contribution in [0.15, 0.2) is 12.1 Å². The molecule has 1 aromatic rings. The summed E-state index contributed by atoms with van der Waals surface area (Å²) in [5, 5.41) is 7.14. The Balaban J connectivity index is 0.00000220. The van der Waals surface area contributed by atoms with Gasteiger partial charge < -0.3 is 15.4 Å². The number of halogens is 4. The van der Waals surface area contributed by atoms with E-state index in [4.69, 9.17) is 39.5 Å². The lowest BCUT2D eigenvalue weighted by molar-refractivity contribution is -0.123. The maximum atomic E-state index is 11.8. The molecule has 1 amide bonds. The summed E-state index contributed by atoms with van der Waals surface area (Å²) in [6.07, 6.45) is 2.04. The molecule has 1 saturated heterocycles. The molecule has 0 aliphatic carbocycles. The van der Waals surface area contributed by atoms with E-state index in [2.05, 4.69) is 10.6 Å². The van der Waals surface area contributed by atoms with Crippen molar-refractivity contribution >= 4 is 53.1 Å². The monoisotopic (exact) mass is 372 g/mol. The number of ether oxygens (including phenoxy) is 1. The van der Waals surface area contributed by atoms with Crippen LogP contribution in [-0.2, 0) is 4.79 Å². The summed E-state index contributed by atoms with van der Waals surface area (Å²) in [5.74, 6) is 0.166. The molecule has 1 aliphatic rings. The molecular weight excluding hydrogens is 358 g/mol. The average Bonchev–Trinajstić information content (AvgIpc) is 2.42. The van der Waals surface area contributed by atoms with Gasteiger partial charge in [0.2, 0.25) is 0 Å². The molecule has 1 atom stereocenters. The highest BCUT2D eigenvalue weighted by molar-refractivity contribution is 6.43. The minimum atomic E-state index is -0.180. The van der Waals surface area contributed by atoms with Gasteiger partial charge in [-0.05, 0) is 25.5 Å². The zero-order chi connectivity index (χ0) is 14.5. The van der Waals surface area contributed by atoms with Gasteiger partial charge in [0.15, 0.2) is 6.61 Å². The van der Waals surface area contributed by atoms with Gasteiger partial charge in [-0.2, -0.15) is 0 Å². The predicted molar refractivity (Wildman–Crippen MR) is 88.2 cm³/mol. The van der Waals surface area contributed by atoms with Crippen LogP contribution in [0, 0.1) is 0 Å². The van der Waals surface area contributed by atoms with Crippen LogP contribution >= 0.6 is 47.2 Å².